The van der Waals surface area contributed by atoms with Crippen LogP contribution in [0.25, 0.3) is 0 Å². The van der Waals surface area contributed by atoms with E-state index < -0.39 is 23.6 Å². The molecule has 20 heavy (non-hydrogen) atoms. The van der Waals surface area contributed by atoms with Crippen LogP contribution in [0.3, 0.4) is 0 Å². The summed E-state index contributed by atoms with van der Waals surface area (Å²) in [6, 6.07) is 3.65. The van der Waals surface area contributed by atoms with E-state index in [0.29, 0.717) is 18.4 Å². The highest BCUT2D eigenvalue weighted by molar-refractivity contribution is 5.96. The molecule has 1 saturated carbocycles. The molecule has 4 nitrogen and oxygen atoms in total. The topological polar surface area (TPSA) is 66.4 Å². The summed E-state index contributed by atoms with van der Waals surface area (Å²) >= 11 is 0. The second kappa shape index (κ2) is 6.03. The number of halogens is 1. The summed E-state index contributed by atoms with van der Waals surface area (Å²) in [6.45, 7) is 1.73. The number of amides is 1. The highest BCUT2D eigenvalue weighted by Crippen LogP contribution is 2.25. The van der Waals surface area contributed by atoms with E-state index in [9.17, 15) is 19.1 Å². The normalized spacial score (nSPS) is 22.3. The van der Waals surface area contributed by atoms with Crippen molar-refractivity contribution in [1.82, 2.24) is 5.32 Å². The van der Waals surface area contributed by atoms with Crippen molar-refractivity contribution in [2.75, 3.05) is 0 Å². The SMILES string of the molecule is Cc1ccc(F)cc1C(=O)NC1CCCCC1C(=O)O. The van der Waals surface area contributed by atoms with Crippen LogP contribution in [-0.4, -0.2) is 23.0 Å². The Kier molecular flexibility index (Phi) is 4.37. The fourth-order valence-electron chi connectivity index (χ4n) is 2.68. The van der Waals surface area contributed by atoms with Gasteiger partial charge in [0.2, 0.25) is 0 Å². The Labute approximate surface area is 117 Å². The van der Waals surface area contributed by atoms with Gasteiger partial charge in [0, 0.05) is 11.6 Å². The molecular weight excluding hydrogens is 261 g/mol. The third-order valence-electron chi connectivity index (χ3n) is 3.84. The number of carbonyl (C=O) groups excluding carboxylic acids is 1. The van der Waals surface area contributed by atoms with E-state index in [4.69, 9.17) is 0 Å². The minimum absolute atomic E-state index is 0.264. The first kappa shape index (κ1) is 14.5. The van der Waals surface area contributed by atoms with Gasteiger partial charge >= 0.3 is 5.97 Å². The van der Waals surface area contributed by atoms with Gasteiger partial charge in [-0.2, -0.15) is 0 Å². The van der Waals surface area contributed by atoms with Crippen molar-refractivity contribution in [1.29, 1.82) is 0 Å². The molecule has 1 fully saturated rings. The maximum Gasteiger partial charge on any atom is 0.308 e. The molecule has 1 aliphatic rings. The quantitative estimate of drug-likeness (QED) is 0.893. The van der Waals surface area contributed by atoms with Crippen molar-refractivity contribution in [2.45, 2.75) is 38.6 Å². The maximum absolute atomic E-state index is 13.2. The Morgan fingerprint density at radius 3 is 2.70 bits per heavy atom. The van der Waals surface area contributed by atoms with Crippen LogP contribution in [0.2, 0.25) is 0 Å². The van der Waals surface area contributed by atoms with Crippen molar-refractivity contribution >= 4 is 11.9 Å². The van der Waals surface area contributed by atoms with E-state index in [1.54, 1.807) is 13.0 Å². The van der Waals surface area contributed by atoms with Gasteiger partial charge in [-0.3, -0.25) is 9.59 Å². The summed E-state index contributed by atoms with van der Waals surface area (Å²) in [7, 11) is 0. The van der Waals surface area contributed by atoms with Gasteiger partial charge < -0.3 is 10.4 Å². The van der Waals surface area contributed by atoms with Gasteiger partial charge in [0.15, 0.2) is 0 Å². The van der Waals surface area contributed by atoms with Crippen LogP contribution in [-0.2, 0) is 4.79 Å². The van der Waals surface area contributed by atoms with Crippen molar-refractivity contribution in [3.63, 3.8) is 0 Å². The minimum Gasteiger partial charge on any atom is -0.481 e. The molecule has 2 N–H and O–H groups in total. The molecule has 0 aliphatic heterocycles. The van der Waals surface area contributed by atoms with E-state index >= 15 is 0 Å². The number of carbonyl (C=O) groups is 2. The molecule has 1 amide bonds. The number of carboxylic acid groups (broad SMARTS) is 1. The lowest BCUT2D eigenvalue weighted by molar-refractivity contribution is -0.143. The summed E-state index contributed by atoms with van der Waals surface area (Å²) in [5.41, 5.74) is 0.936. The van der Waals surface area contributed by atoms with Crippen molar-refractivity contribution in [2.24, 2.45) is 5.92 Å². The van der Waals surface area contributed by atoms with Gasteiger partial charge in [-0.05, 0) is 37.5 Å². The molecule has 1 aromatic rings. The van der Waals surface area contributed by atoms with Crippen molar-refractivity contribution < 1.29 is 19.1 Å². The lowest BCUT2D eigenvalue weighted by Crippen LogP contribution is -2.45. The number of hydrogen-bond acceptors (Lipinski definition) is 2. The summed E-state index contributed by atoms with van der Waals surface area (Å²) in [4.78, 5) is 23.4. The fourth-order valence-corrected chi connectivity index (χ4v) is 2.68. The van der Waals surface area contributed by atoms with E-state index in [2.05, 4.69) is 5.32 Å². The summed E-state index contributed by atoms with van der Waals surface area (Å²) in [6.07, 6.45) is 2.98. The number of carboxylic acids is 1. The monoisotopic (exact) mass is 279 g/mol. The standard InChI is InChI=1S/C15H18FNO3/c1-9-6-7-10(16)8-12(9)14(18)17-13-5-3-2-4-11(13)15(19)20/h6-8,11,13H,2-5H2,1H3,(H,17,18)(H,19,20). The second-order valence-corrected chi connectivity index (χ2v) is 5.27. The van der Waals surface area contributed by atoms with E-state index in [-0.39, 0.29) is 11.6 Å². The van der Waals surface area contributed by atoms with Gasteiger partial charge in [-0.1, -0.05) is 18.9 Å². The average molecular weight is 279 g/mol. The predicted molar refractivity (Wildman–Crippen MR) is 72.0 cm³/mol. The molecule has 2 atom stereocenters. The summed E-state index contributed by atoms with van der Waals surface area (Å²) < 4.78 is 13.2. The predicted octanol–water partition coefficient (Wildman–Crippen LogP) is 2.51. The first-order valence-electron chi connectivity index (χ1n) is 6.79. The van der Waals surface area contributed by atoms with E-state index in [0.717, 1.165) is 12.8 Å². The lowest BCUT2D eigenvalue weighted by atomic mass is 9.84. The second-order valence-electron chi connectivity index (χ2n) is 5.27. The first-order valence-corrected chi connectivity index (χ1v) is 6.79. The minimum atomic E-state index is -0.883. The zero-order valence-corrected chi connectivity index (χ0v) is 11.4. The molecule has 108 valence electrons. The molecule has 0 aromatic heterocycles. The Morgan fingerprint density at radius 2 is 2.00 bits per heavy atom. The Bertz CT molecular complexity index is 530. The fraction of sp³-hybridized carbons (Fsp3) is 0.467. The molecule has 1 aromatic carbocycles. The number of rotatable bonds is 3. The number of aliphatic carboxylic acids is 1. The van der Waals surface area contributed by atoms with Gasteiger partial charge in [-0.15, -0.1) is 0 Å². The molecule has 0 bridgehead atoms. The van der Waals surface area contributed by atoms with Crippen LogP contribution in [0.15, 0.2) is 18.2 Å². The molecular formula is C15H18FNO3. The zero-order chi connectivity index (χ0) is 14.7. The molecule has 0 spiro atoms. The Morgan fingerprint density at radius 1 is 1.30 bits per heavy atom. The molecule has 0 heterocycles. The Balaban J connectivity index is 2.13. The van der Waals surface area contributed by atoms with Crippen LogP contribution in [0.5, 0.6) is 0 Å². The highest BCUT2D eigenvalue weighted by atomic mass is 19.1. The van der Waals surface area contributed by atoms with Gasteiger partial charge in [0.1, 0.15) is 5.82 Å². The van der Waals surface area contributed by atoms with Crippen molar-refractivity contribution in [3.05, 3.63) is 35.1 Å². The van der Waals surface area contributed by atoms with E-state index in [1.807, 2.05) is 0 Å². The zero-order valence-electron chi connectivity index (χ0n) is 11.4. The molecule has 2 rings (SSSR count). The first-order chi connectivity index (χ1) is 9.49. The average Bonchev–Trinajstić information content (AvgIpc) is 2.41. The van der Waals surface area contributed by atoms with Gasteiger partial charge in [-0.25, -0.2) is 4.39 Å². The Hall–Kier alpha value is -1.91. The number of hydrogen-bond donors (Lipinski definition) is 2. The van der Waals surface area contributed by atoms with Crippen molar-refractivity contribution in [3.8, 4) is 0 Å². The van der Waals surface area contributed by atoms with E-state index in [1.165, 1.54) is 12.1 Å². The van der Waals surface area contributed by atoms with Gasteiger partial charge in [0.25, 0.3) is 5.91 Å². The maximum atomic E-state index is 13.2. The van der Waals surface area contributed by atoms with Crippen LogP contribution in [0.1, 0.15) is 41.6 Å². The molecule has 1 aliphatic carbocycles. The summed E-state index contributed by atoms with van der Waals surface area (Å²) in [5, 5.41) is 11.9. The summed E-state index contributed by atoms with van der Waals surface area (Å²) in [5.74, 6) is -2.31. The van der Waals surface area contributed by atoms with Crippen LogP contribution >= 0.6 is 0 Å². The largest absolute Gasteiger partial charge is 0.481 e. The number of aryl methyl sites for hydroxylation is 1. The third-order valence-corrected chi connectivity index (χ3v) is 3.84. The molecule has 5 heteroatoms. The lowest BCUT2D eigenvalue weighted by Gasteiger charge is -2.29. The molecule has 0 radical (unpaired) electrons. The van der Waals surface area contributed by atoms with Crippen LogP contribution in [0, 0.1) is 18.7 Å². The smallest absolute Gasteiger partial charge is 0.308 e. The van der Waals surface area contributed by atoms with Crippen LogP contribution < -0.4 is 5.32 Å². The van der Waals surface area contributed by atoms with Crippen LogP contribution in [0.4, 0.5) is 4.39 Å². The number of benzene rings is 1. The van der Waals surface area contributed by atoms with Gasteiger partial charge in [0.05, 0.1) is 5.92 Å². The molecule has 0 saturated heterocycles. The highest BCUT2D eigenvalue weighted by Gasteiger charge is 2.32. The molecule has 2 unspecified atom stereocenters. The third kappa shape index (κ3) is 3.15. The number of nitrogens with one attached hydrogen (secondary N) is 1.